The van der Waals surface area contributed by atoms with Gasteiger partial charge in [0.1, 0.15) is 17.8 Å². The van der Waals surface area contributed by atoms with E-state index in [4.69, 9.17) is 9.47 Å². The number of hydrogen-bond acceptors (Lipinski definition) is 4. The number of ketones is 1. The molecule has 1 atom stereocenters. The van der Waals surface area contributed by atoms with Crippen LogP contribution >= 0.6 is 0 Å². The van der Waals surface area contributed by atoms with Crippen LogP contribution in [0.4, 0.5) is 0 Å². The van der Waals surface area contributed by atoms with Gasteiger partial charge in [0.05, 0.1) is 6.61 Å². The minimum Gasteiger partial charge on any atom is -0.460 e. The highest BCUT2D eigenvalue weighted by molar-refractivity contribution is 5.97. The summed E-state index contributed by atoms with van der Waals surface area (Å²) in [6.45, 7) is 6.54. The minimum atomic E-state index is -0.527. The van der Waals surface area contributed by atoms with Gasteiger partial charge >= 0.3 is 5.97 Å². The van der Waals surface area contributed by atoms with Gasteiger partial charge in [-0.15, -0.1) is 0 Å². The molecule has 0 bridgehead atoms. The predicted molar refractivity (Wildman–Crippen MR) is 59.0 cm³/mol. The van der Waals surface area contributed by atoms with Crippen LogP contribution in [0.2, 0.25) is 0 Å². The fraction of sp³-hybridized carbons (Fsp3) is 0.833. The topological polar surface area (TPSA) is 52.6 Å². The average Bonchev–Trinajstić information content (AvgIpc) is 2.16. The lowest BCUT2D eigenvalue weighted by molar-refractivity contribution is -0.157. The number of rotatable bonds is 3. The molecule has 0 aromatic rings. The lowest BCUT2D eigenvalue weighted by Crippen LogP contribution is -2.30. The Morgan fingerprint density at radius 2 is 2.06 bits per heavy atom. The third kappa shape index (κ3) is 4.75. The van der Waals surface area contributed by atoms with E-state index in [1.165, 1.54) is 0 Å². The summed E-state index contributed by atoms with van der Waals surface area (Å²) >= 11 is 0. The van der Waals surface area contributed by atoms with Crippen LogP contribution in [0.3, 0.4) is 0 Å². The molecule has 1 fully saturated rings. The molecule has 0 amide bonds. The van der Waals surface area contributed by atoms with E-state index >= 15 is 0 Å². The van der Waals surface area contributed by atoms with Crippen LogP contribution in [0.5, 0.6) is 0 Å². The highest BCUT2D eigenvalue weighted by Crippen LogP contribution is 2.17. The fourth-order valence-electron chi connectivity index (χ4n) is 1.66. The van der Waals surface area contributed by atoms with E-state index in [0.717, 1.165) is 19.4 Å². The van der Waals surface area contributed by atoms with E-state index in [0.29, 0.717) is 6.61 Å². The van der Waals surface area contributed by atoms with Gasteiger partial charge in [0.25, 0.3) is 0 Å². The first-order valence-corrected chi connectivity index (χ1v) is 5.71. The molecule has 1 heterocycles. The molecule has 0 radical (unpaired) electrons. The lowest BCUT2D eigenvalue weighted by Gasteiger charge is -2.22. The molecular weight excluding hydrogens is 208 g/mol. The molecule has 0 aromatic heterocycles. The van der Waals surface area contributed by atoms with E-state index < -0.39 is 11.6 Å². The molecule has 0 aromatic carbocycles. The van der Waals surface area contributed by atoms with Gasteiger partial charge < -0.3 is 9.47 Å². The van der Waals surface area contributed by atoms with Gasteiger partial charge in [-0.2, -0.15) is 0 Å². The fourth-order valence-corrected chi connectivity index (χ4v) is 1.66. The zero-order chi connectivity index (χ0) is 12.2. The van der Waals surface area contributed by atoms with E-state index in [-0.39, 0.29) is 18.1 Å². The Hall–Kier alpha value is -0.900. The van der Waals surface area contributed by atoms with Gasteiger partial charge in [-0.05, 0) is 33.6 Å². The van der Waals surface area contributed by atoms with Crippen molar-refractivity contribution in [3.05, 3.63) is 0 Å². The van der Waals surface area contributed by atoms with Crippen LogP contribution in [0.25, 0.3) is 0 Å². The first-order chi connectivity index (χ1) is 7.38. The second-order valence-electron chi connectivity index (χ2n) is 5.14. The molecule has 0 spiro atoms. The average molecular weight is 228 g/mol. The normalized spacial score (nSPS) is 21.6. The maximum absolute atomic E-state index is 11.7. The number of carbonyl (C=O) groups excluding carboxylic acids is 2. The van der Waals surface area contributed by atoms with Crippen LogP contribution in [-0.4, -0.2) is 30.6 Å². The smallest absolute Gasteiger partial charge is 0.313 e. The van der Waals surface area contributed by atoms with Gasteiger partial charge in [0.2, 0.25) is 0 Å². The molecule has 16 heavy (non-hydrogen) atoms. The molecule has 4 nitrogen and oxygen atoms in total. The summed E-state index contributed by atoms with van der Waals surface area (Å²) in [6, 6.07) is 0. The Bertz CT molecular complexity index is 259. The second kappa shape index (κ2) is 5.43. The lowest BCUT2D eigenvalue weighted by atomic mass is 9.95. The highest BCUT2D eigenvalue weighted by atomic mass is 16.6. The third-order valence-corrected chi connectivity index (χ3v) is 2.35. The molecule has 0 saturated carbocycles. The Morgan fingerprint density at radius 3 is 2.56 bits per heavy atom. The summed E-state index contributed by atoms with van der Waals surface area (Å²) in [6.07, 6.45) is 1.58. The Kier molecular flexibility index (Phi) is 4.47. The van der Waals surface area contributed by atoms with Gasteiger partial charge in [-0.1, -0.05) is 0 Å². The summed E-state index contributed by atoms with van der Waals surface area (Å²) in [5.74, 6) is -0.627. The first kappa shape index (κ1) is 13.2. The number of ether oxygens (including phenoxy) is 2. The van der Waals surface area contributed by atoms with Crippen LogP contribution < -0.4 is 0 Å². The van der Waals surface area contributed by atoms with Crippen molar-refractivity contribution in [3.8, 4) is 0 Å². The Balaban J connectivity index is 2.35. The maximum atomic E-state index is 11.7. The van der Waals surface area contributed by atoms with Crippen molar-refractivity contribution in [2.24, 2.45) is 5.92 Å². The molecule has 1 rings (SSSR count). The van der Waals surface area contributed by atoms with Gasteiger partial charge in [0.15, 0.2) is 0 Å². The molecule has 4 heteroatoms. The summed E-state index contributed by atoms with van der Waals surface area (Å²) in [4.78, 5) is 23.1. The zero-order valence-electron chi connectivity index (χ0n) is 10.2. The number of esters is 1. The molecule has 92 valence electrons. The van der Waals surface area contributed by atoms with Crippen molar-refractivity contribution in [1.29, 1.82) is 0 Å². The Labute approximate surface area is 96.3 Å². The van der Waals surface area contributed by atoms with Crippen molar-refractivity contribution in [2.45, 2.75) is 45.6 Å². The predicted octanol–water partition coefficient (Wildman–Crippen LogP) is 1.71. The summed E-state index contributed by atoms with van der Waals surface area (Å²) in [5, 5.41) is 0. The van der Waals surface area contributed by atoms with Crippen LogP contribution in [0.1, 0.15) is 40.0 Å². The summed E-state index contributed by atoms with van der Waals surface area (Å²) in [7, 11) is 0. The van der Waals surface area contributed by atoms with Crippen molar-refractivity contribution in [3.63, 3.8) is 0 Å². The van der Waals surface area contributed by atoms with Gasteiger partial charge in [-0.3, -0.25) is 9.59 Å². The summed E-state index contributed by atoms with van der Waals surface area (Å²) < 4.78 is 10.3. The van der Waals surface area contributed by atoms with Crippen molar-refractivity contribution < 1.29 is 19.1 Å². The zero-order valence-corrected chi connectivity index (χ0v) is 10.2. The maximum Gasteiger partial charge on any atom is 0.313 e. The minimum absolute atomic E-state index is 0.0612. The summed E-state index contributed by atoms with van der Waals surface area (Å²) in [5.41, 5.74) is -0.527. The molecule has 0 N–H and O–H groups in total. The first-order valence-electron chi connectivity index (χ1n) is 5.71. The Morgan fingerprint density at radius 1 is 1.38 bits per heavy atom. The molecule has 1 unspecified atom stereocenters. The molecule has 0 aliphatic carbocycles. The SMILES string of the molecule is CC(C)(C)OC(=O)CC(=O)C1CCCOC1. The second-order valence-corrected chi connectivity index (χ2v) is 5.14. The molecule has 1 aliphatic heterocycles. The van der Waals surface area contributed by atoms with Crippen molar-refractivity contribution in [1.82, 2.24) is 0 Å². The molecule has 1 aliphatic rings. The van der Waals surface area contributed by atoms with E-state index in [9.17, 15) is 9.59 Å². The van der Waals surface area contributed by atoms with Crippen molar-refractivity contribution in [2.75, 3.05) is 13.2 Å². The molecule has 1 saturated heterocycles. The van der Waals surface area contributed by atoms with E-state index in [1.807, 2.05) is 0 Å². The van der Waals surface area contributed by atoms with E-state index in [2.05, 4.69) is 0 Å². The van der Waals surface area contributed by atoms with Gasteiger partial charge in [0, 0.05) is 12.5 Å². The van der Waals surface area contributed by atoms with Crippen molar-refractivity contribution >= 4 is 11.8 Å². The van der Waals surface area contributed by atoms with Crippen LogP contribution in [0, 0.1) is 5.92 Å². The number of Topliss-reactive ketones (excluding diaryl/α,β-unsaturated/α-hetero) is 1. The van der Waals surface area contributed by atoms with Crippen LogP contribution in [0.15, 0.2) is 0 Å². The van der Waals surface area contributed by atoms with Crippen LogP contribution in [-0.2, 0) is 19.1 Å². The molecular formula is C12H20O4. The quantitative estimate of drug-likeness (QED) is 0.545. The number of hydrogen-bond donors (Lipinski definition) is 0. The largest absolute Gasteiger partial charge is 0.460 e. The standard InChI is InChI=1S/C12H20O4/c1-12(2,3)16-11(14)7-10(13)9-5-4-6-15-8-9/h9H,4-8H2,1-3H3. The van der Waals surface area contributed by atoms with E-state index in [1.54, 1.807) is 20.8 Å². The van der Waals surface area contributed by atoms with Gasteiger partial charge in [-0.25, -0.2) is 0 Å². The highest BCUT2D eigenvalue weighted by Gasteiger charge is 2.26. The number of carbonyl (C=O) groups is 2. The monoisotopic (exact) mass is 228 g/mol. The third-order valence-electron chi connectivity index (χ3n) is 2.35.